The predicted molar refractivity (Wildman–Crippen MR) is 114 cm³/mol. The second kappa shape index (κ2) is 11.0. The van der Waals surface area contributed by atoms with Crippen molar-refractivity contribution in [1.82, 2.24) is 20.5 Å². The highest BCUT2D eigenvalue weighted by molar-refractivity contribution is 5.80. The van der Waals surface area contributed by atoms with Gasteiger partial charge in [-0.05, 0) is 43.2 Å². The second-order valence-electron chi connectivity index (χ2n) is 7.43. The standard InChI is InChI=1S/C22H28F3N5O/c1-2-26-21(29-18-9-11-30(14-18)16-22(23,24)25)28-13-17-6-5-8-20(12-17)31-15-19-7-3-4-10-27-19/h3-8,10,12,18H,2,9,11,13-16H2,1H3,(H2,26,28,29). The molecule has 0 amide bonds. The Hall–Kier alpha value is -2.81. The minimum atomic E-state index is -4.17. The molecule has 0 bridgehead atoms. The minimum absolute atomic E-state index is 0.0619. The van der Waals surface area contributed by atoms with Crippen LogP contribution in [0.2, 0.25) is 0 Å². The van der Waals surface area contributed by atoms with Gasteiger partial charge in [0.15, 0.2) is 5.96 Å². The Morgan fingerprint density at radius 3 is 2.87 bits per heavy atom. The van der Waals surface area contributed by atoms with Gasteiger partial charge in [0.25, 0.3) is 0 Å². The van der Waals surface area contributed by atoms with Gasteiger partial charge in [-0.3, -0.25) is 9.88 Å². The lowest BCUT2D eigenvalue weighted by Gasteiger charge is -2.19. The number of pyridine rings is 1. The van der Waals surface area contributed by atoms with E-state index in [0.29, 0.717) is 45.2 Å². The molecule has 2 aromatic rings. The number of aliphatic imine (C=N–C) groups is 1. The zero-order chi connectivity index (χ0) is 22.1. The van der Waals surface area contributed by atoms with Crippen LogP contribution in [0.15, 0.2) is 53.7 Å². The highest BCUT2D eigenvalue weighted by Crippen LogP contribution is 2.20. The molecule has 1 unspecified atom stereocenters. The van der Waals surface area contributed by atoms with Crippen LogP contribution in [0.1, 0.15) is 24.6 Å². The number of nitrogens with zero attached hydrogens (tertiary/aromatic N) is 3. The Morgan fingerprint density at radius 2 is 2.13 bits per heavy atom. The summed E-state index contributed by atoms with van der Waals surface area (Å²) in [6.45, 7) is 3.33. The number of hydrogen-bond acceptors (Lipinski definition) is 4. The summed E-state index contributed by atoms with van der Waals surface area (Å²) >= 11 is 0. The maximum absolute atomic E-state index is 12.6. The van der Waals surface area contributed by atoms with Gasteiger partial charge in [-0.25, -0.2) is 4.99 Å². The quantitative estimate of drug-likeness (QED) is 0.492. The Labute approximate surface area is 180 Å². The van der Waals surface area contributed by atoms with Crippen molar-refractivity contribution in [3.05, 3.63) is 59.9 Å². The first kappa shape index (κ1) is 22.9. The summed E-state index contributed by atoms with van der Waals surface area (Å²) in [7, 11) is 0. The van der Waals surface area contributed by atoms with Gasteiger partial charge in [-0.1, -0.05) is 18.2 Å². The molecular formula is C22H28F3N5O. The van der Waals surface area contributed by atoms with Crippen LogP contribution in [0.5, 0.6) is 5.75 Å². The molecule has 1 aliphatic rings. The summed E-state index contributed by atoms with van der Waals surface area (Å²) < 4.78 is 43.6. The lowest BCUT2D eigenvalue weighted by Crippen LogP contribution is -2.45. The molecule has 1 saturated heterocycles. The summed E-state index contributed by atoms with van der Waals surface area (Å²) in [6, 6.07) is 13.3. The van der Waals surface area contributed by atoms with Crippen molar-refractivity contribution in [2.24, 2.45) is 4.99 Å². The van der Waals surface area contributed by atoms with E-state index in [2.05, 4.69) is 20.6 Å². The molecule has 0 saturated carbocycles. The van der Waals surface area contributed by atoms with E-state index < -0.39 is 12.7 Å². The number of ether oxygens (including phenoxy) is 1. The Bertz CT molecular complexity index is 845. The number of benzene rings is 1. The predicted octanol–water partition coefficient (Wildman–Crippen LogP) is 3.35. The number of alkyl halides is 3. The second-order valence-corrected chi connectivity index (χ2v) is 7.43. The first-order chi connectivity index (χ1) is 14.9. The molecule has 0 aliphatic carbocycles. The third kappa shape index (κ3) is 8.09. The largest absolute Gasteiger partial charge is 0.487 e. The molecule has 31 heavy (non-hydrogen) atoms. The molecule has 0 spiro atoms. The number of aromatic nitrogens is 1. The van der Waals surface area contributed by atoms with E-state index >= 15 is 0 Å². The third-order valence-electron chi connectivity index (χ3n) is 4.79. The summed E-state index contributed by atoms with van der Waals surface area (Å²) in [4.78, 5) is 10.3. The molecule has 0 radical (unpaired) electrons. The van der Waals surface area contributed by atoms with Gasteiger partial charge < -0.3 is 15.4 Å². The number of halogens is 3. The van der Waals surface area contributed by atoms with E-state index in [4.69, 9.17) is 4.74 Å². The van der Waals surface area contributed by atoms with E-state index in [1.807, 2.05) is 49.4 Å². The Morgan fingerprint density at radius 1 is 1.26 bits per heavy atom. The normalized spacial score (nSPS) is 17.5. The van der Waals surface area contributed by atoms with Crippen LogP contribution >= 0.6 is 0 Å². The molecule has 6 nitrogen and oxygen atoms in total. The van der Waals surface area contributed by atoms with Gasteiger partial charge in [-0.15, -0.1) is 0 Å². The molecule has 1 aromatic heterocycles. The van der Waals surface area contributed by atoms with E-state index in [0.717, 1.165) is 17.0 Å². The number of nitrogens with one attached hydrogen (secondary N) is 2. The molecule has 1 atom stereocenters. The van der Waals surface area contributed by atoms with Crippen LogP contribution in [-0.2, 0) is 13.2 Å². The van der Waals surface area contributed by atoms with Gasteiger partial charge in [0, 0.05) is 31.9 Å². The highest BCUT2D eigenvalue weighted by atomic mass is 19.4. The highest BCUT2D eigenvalue weighted by Gasteiger charge is 2.34. The minimum Gasteiger partial charge on any atom is -0.487 e. The van der Waals surface area contributed by atoms with Crippen molar-refractivity contribution in [3.8, 4) is 5.75 Å². The topological polar surface area (TPSA) is 61.8 Å². The van der Waals surface area contributed by atoms with Crippen LogP contribution in [0, 0.1) is 0 Å². The summed E-state index contributed by atoms with van der Waals surface area (Å²) in [5.74, 6) is 1.33. The van der Waals surface area contributed by atoms with Crippen LogP contribution < -0.4 is 15.4 Å². The fourth-order valence-electron chi connectivity index (χ4n) is 3.41. The van der Waals surface area contributed by atoms with Gasteiger partial charge in [0.05, 0.1) is 18.8 Å². The summed E-state index contributed by atoms with van der Waals surface area (Å²) in [6.07, 6.45) is -1.79. The molecule has 1 fully saturated rings. The summed E-state index contributed by atoms with van der Waals surface area (Å²) in [5.41, 5.74) is 1.82. The van der Waals surface area contributed by atoms with Gasteiger partial charge >= 0.3 is 6.18 Å². The monoisotopic (exact) mass is 435 g/mol. The maximum Gasteiger partial charge on any atom is 0.401 e. The molecule has 2 N–H and O–H groups in total. The first-order valence-corrected chi connectivity index (χ1v) is 10.4. The molecule has 9 heteroatoms. The van der Waals surface area contributed by atoms with E-state index in [9.17, 15) is 13.2 Å². The van der Waals surface area contributed by atoms with Crippen LogP contribution in [0.4, 0.5) is 13.2 Å². The van der Waals surface area contributed by atoms with Crippen molar-refractivity contribution in [2.75, 3.05) is 26.2 Å². The van der Waals surface area contributed by atoms with Crippen molar-refractivity contribution in [1.29, 1.82) is 0 Å². The molecular weight excluding hydrogens is 407 g/mol. The maximum atomic E-state index is 12.6. The van der Waals surface area contributed by atoms with Gasteiger partial charge in [0.1, 0.15) is 12.4 Å². The third-order valence-corrected chi connectivity index (χ3v) is 4.79. The van der Waals surface area contributed by atoms with Crippen molar-refractivity contribution < 1.29 is 17.9 Å². The fraction of sp³-hybridized carbons (Fsp3) is 0.455. The van der Waals surface area contributed by atoms with Crippen LogP contribution in [0.3, 0.4) is 0 Å². The average molecular weight is 435 g/mol. The molecule has 168 valence electrons. The molecule has 2 heterocycles. The SMILES string of the molecule is CCNC(=NCc1cccc(OCc2ccccn2)c1)NC1CCN(CC(F)(F)F)C1. The lowest BCUT2D eigenvalue weighted by atomic mass is 10.2. The zero-order valence-electron chi connectivity index (χ0n) is 17.5. The van der Waals surface area contributed by atoms with Crippen molar-refractivity contribution in [3.63, 3.8) is 0 Å². The molecule has 1 aliphatic heterocycles. The van der Waals surface area contributed by atoms with E-state index in [1.165, 1.54) is 4.90 Å². The number of likely N-dealkylation sites (tertiary alicyclic amines) is 1. The molecule has 3 rings (SSSR count). The Balaban J connectivity index is 1.54. The van der Waals surface area contributed by atoms with Crippen molar-refractivity contribution >= 4 is 5.96 Å². The number of hydrogen-bond donors (Lipinski definition) is 2. The Kier molecular flexibility index (Phi) is 8.11. The number of guanidine groups is 1. The van der Waals surface area contributed by atoms with Crippen LogP contribution in [0.25, 0.3) is 0 Å². The first-order valence-electron chi connectivity index (χ1n) is 10.4. The zero-order valence-corrected chi connectivity index (χ0v) is 17.5. The average Bonchev–Trinajstić information content (AvgIpc) is 3.17. The van der Waals surface area contributed by atoms with Crippen LogP contribution in [-0.4, -0.2) is 54.2 Å². The van der Waals surface area contributed by atoms with E-state index in [-0.39, 0.29) is 6.04 Å². The number of rotatable bonds is 8. The smallest absolute Gasteiger partial charge is 0.401 e. The van der Waals surface area contributed by atoms with Gasteiger partial charge in [0.2, 0.25) is 0 Å². The molecule has 1 aromatic carbocycles. The van der Waals surface area contributed by atoms with Gasteiger partial charge in [-0.2, -0.15) is 13.2 Å². The van der Waals surface area contributed by atoms with Crippen molar-refractivity contribution in [2.45, 2.75) is 38.7 Å². The van der Waals surface area contributed by atoms with E-state index in [1.54, 1.807) is 6.20 Å². The summed E-state index contributed by atoms with van der Waals surface area (Å²) in [5, 5.41) is 6.42. The fourth-order valence-corrected chi connectivity index (χ4v) is 3.41. The lowest BCUT2D eigenvalue weighted by molar-refractivity contribution is -0.143.